The number of aromatic nitrogens is 2. The average Bonchev–Trinajstić information content (AvgIpc) is 2.99. The quantitative estimate of drug-likeness (QED) is 0.752. The van der Waals surface area contributed by atoms with Gasteiger partial charge in [-0.05, 0) is 55.0 Å². The number of hydrogen-bond donors (Lipinski definition) is 2. The molecule has 6 heteroatoms. The van der Waals surface area contributed by atoms with E-state index in [1.807, 2.05) is 6.08 Å². The van der Waals surface area contributed by atoms with Crippen LogP contribution in [0, 0.1) is 0 Å². The van der Waals surface area contributed by atoms with Crippen molar-refractivity contribution in [2.75, 3.05) is 0 Å². The van der Waals surface area contributed by atoms with Gasteiger partial charge in [-0.3, -0.25) is 4.79 Å². The topological polar surface area (TPSA) is 83.0 Å². The van der Waals surface area contributed by atoms with Crippen molar-refractivity contribution in [3.8, 4) is 0 Å². The molecule has 0 saturated heterocycles. The Bertz CT molecular complexity index is 1040. The Hall–Kier alpha value is -2.73. The van der Waals surface area contributed by atoms with E-state index in [2.05, 4.69) is 9.97 Å². The number of fused-ring (bicyclic) bond motifs is 3. The molecule has 5 nitrogen and oxygen atoms in total. The fourth-order valence-corrected chi connectivity index (χ4v) is 4.44. The van der Waals surface area contributed by atoms with Crippen LogP contribution in [0.15, 0.2) is 29.1 Å². The zero-order chi connectivity index (χ0) is 17.4. The second-order valence-electron chi connectivity index (χ2n) is 6.10. The zero-order valence-electron chi connectivity index (χ0n) is 13.4. The van der Waals surface area contributed by atoms with Gasteiger partial charge in [-0.25, -0.2) is 9.78 Å². The number of rotatable bonds is 3. The normalized spacial score (nSPS) is 14.1. The van der Waals surface area contributed by atoms with Gasteiger partial charge < -0.3 is 10.1 Å². The number of nitrogens with zero attached hydrogens (tertiary/aromatic N) is 1. The molecule has 0 saturated carbocycles. The van der Waals surface area contributed by atoms with Gasteiger partial charge in [0.2, 0.25) is 0 Å². The lowest BCUT2D eigenvalue weighted by atomic mass is 9.97. The lowest BCUT2D eigenvalue weighted by molar-refractivity contribution is 0.0697. The molecule has 3 aromatic rings. The van der Waals surface area contributed by atoms with Gasteiger partial charge >= 0.3 is 5.97 Å². The number of aromatic carboxylic acids is 1. The predicted octanol–water partition coefficient (Wildman–Crippen LogP) is 3.73. The van der Waals surface area contributed by atoms with Gasteiger partial charge in [0.1, 0.15) is 10.7 Å². The number of carboxylic acids is 1. The monoisotopic (exact) mass is 352 g/mol. The molecular formula is C19H16N2O3S. The number of carbonyl (C=O) groups is 1. The number of nitrogens with one attached hydrogen (secondary N) is 1. The van der Waals surface area contributed by atoms with E-state index >= 15 is 0 Å². The summed E-state index contributed by atoms with van der Waals surface area (Å²) < 4.78 is 0. The number of H-pyrrole nitrogens is 1. The predicted molar refractivity (Wildman–Crippen MR) is 99.2 cm³/mol. The molecule has 0 radical (unpaired) electrons. The molecule has 0 atom stereocenters. The van der Waals surface area contributed by atoms with E-state index in [1.54, 1.807) is 41.7 Å². The highest BCUT2D eigenvalue weighted by Gasteiger charge is 2.19. The van der Waals surface area contributed by atoms with Crippen molar-refractivity contribution in [1.29, 1.82) is 0 Å². The fraction of sp³-hybridized carbons (Fsp3) is 0.211. The molecule has 0 amide bonds. The van der Waals surface area contributed by atoms with Crippen molar-refractivity contribution in [3.05, 3.63) is 62.0 Å². The van der Waals surface area contributed by atoms with Crippen molar-refractivity contribution in [2.45, 2.75) is 25.7 Å². The third kappa shape index (κ3) is 3.00. The summed E-state index contributed by atoms with van der Waals surface area (Å²) >= 11 is 1.62. The maximum absolute atomic E-state index is 12.5. The first kappa shape index (κ1) is 15.8. The maximum atomic E-state index is 12.5. The molecule has 1 aliphatic rings. The molecule has 4 rings (SSSR count). The summed E-state index contributed by atoms with van der Waals surface area (Å²) in [6, 6.07) is 6.55. The molecule has 25 heavy (non-hydrogen) atoms. The lowest BCUT2D eigenvalue weighted by Crippen LogP contribution is -2.11. The van der Waals surface area contributed by atoms with E-state index in [0.717, 1.165) is 35.0 Å². The van der Waals surface area contributed by atoms with Crippen LogP contribution in [-0.2, 0) is 12.8 Å². The van der Waals surface area contributed by atoms with Crippen LogP contribution in [0.4, 0.5) is 0 Å². The number of aryl methyl sites for hydroxylation is 2. The first-order valence-corrected chi connectivity index (χ1v) is 8.99. The van der Waals surface area contributed by atoms with Crippen LogP contribution in [-0.4, -0.2) is 21.0 Å². The molecule has 1 aliphatic carbocycles. The van der Waals surface area contributed by atoms with Gasteiger partial charge in [-0.15, -0.1) is 11.3 Å². The van der Waals surface area contributed by atoms with Crippen molar-refractivity contribution in [2.24, 2.45) is 0 Å². The van der Waals surface area contributed by atoms with Crippen molar-refractivity contribution >= 4 is 39.7 Å². The summed E-state index contributed by atoms with van der Waals surface area (Å²) in [5.74, 6) is -0.438. The number of carboxylic acid groups (broad SMARTS) is 1. The van der Waals surface area contributed by atoms with E-state index < -0.39 is 5.97 Å². The second-order valence-corrected chi connectivity index (χ2v) is 7.19. The lowest BCUT2D eigenvalue weighted by Gasteiger charge is -2.09. The van der Waals surface area contributed by atoms with E-state index in [1.165, 1.54) is 16.9 Å². The Morgan fingerprint density at radius 1 is 1.16 bits per heavy atom. The van der Waals surface area contributed by atoms with Crippen LogP contribution in [0.5, 0.6) is 0 Å². The Balaban J connectivity index is 1.67. The van der Waals surface area contributed by atoms with E-state index in [9.17, 15) is 9.59 Å². The van der Waals surface area contributed by atoms with E-state index in [4.69, 9.17) is 5.11 Å². The van der Waals surface area contributed by atoms with E-state index in [0.29, 0.717) is 5.82 Å². The highest BCUT2D eigenvalue weighted by atomic mass is 32.1. The van der Waals surface area contributed by atoms with Gasteiger partial charge in [0, 0.05) is 4.88 Å². The van der Waals surface area contributed by atoms with Crippen molar-refractivity contribution in [3.63, 3.8) is 0 Å². The number of hydrogen-bond acceptors (Lipinski definition) is 4. The summed E-state index contributed by atoms with van der Waals surface area (Å²) in [4.78, 5) is 32.9. The average molecular weight is 352 g/mol. The number of benzene rings is 1. The minimum atomic E-state index is -0.950. The molecule has 2 N–H and O–H groups in total. The molecule has 0 spiro atoms. The highest BCUT2D eigenvalue weighted by molar-refractivity contribution is 7.18. The molecule has 2 heterocycles. The SMILES string of the molecule is O=C(O)c1ccc(C=Cc2nc3sc4c(c3c(=O)[nH]2)CCCC4)cc1. The molecule has 0 aliphatic heterocycles. The molecule has 2 aromatic heterocycles. The molecule has 0 unspecified atom stereocenters. The Morgan fingerprint density at radius 2 is 1.92 bits per heavy atom. The maximum Gasteiger partial charge on any atom is 0.335 e. The molecule has 1 aromatic carbocycles. The summed E-state index contributed by atoms with van der Waals surface area (Å²) in [6.45, 7) is 0. The van der Waals surface area contributed by atoms with Gasteiger partial charge in [0.05, 0.1) is 10.9 Å². The molecule has 0 bridgehead atoms. The molecular weight excluding hydrogens is 336 g/mol. The largest absolute Gasteiger partial charge is 0.478 e. The standard InChI is InChI=1S/C19H16N2O3S/c22-17-16-13-3-1-2-4-14(13)25-18(16)21-15(20-17)10-7-11-5-8-12(9-6-11)19(23)24/h5-10H,1-4H2,(H,23,24)(H,20,21,22). The number of thiophene rings is 1. The van der Waals surface area contributed by atoms with Crippen LogP contribution >= 0.6 is 11.3 Å². The van der Waals surface area contributed by atoms with Gasteiger partial charge in [0.15, 0.2) is 0 Å². The summed E-state index contributed by atoms with van der Waals surface area (Å²) in [5.41, 5.74) is 2.19. The van der Waals surface area contributed by atoms with Gasteiger partial charge in [-0.1, -0.05) is 18.2 Å². The first-order valence-electron chi connectivity index (χ1n) is 8.18. The molecule has 0 fully saturated rings. The Labute approximate surface area is 147 Å². The van der Waals surface area contributed by atoms with Crippen molar-refractivity contribution < 1.29 is 9.90 Å². The minimum Gasteiger partial charge on any atom is -0.478 e. The van der Waals surface area contributed by atoms with Crippen LogP contribution in [0.3, 0.4) is 0 Å². The Morgan fingerprint density at radius 3 is 2.68 bits per heavy atom. The number of aromatic amines is 1. The van der Waals surface area contributed by atoms with Crippen LogP contribution < -0.4 is 5.56 Å². The highest BCUT2D eigenvalue weighted by Crippen LogP contribution is 2.33. The first-order chi connectivity index (χ1) is 12.1. The third-order valence-corrected chi connectivity index (χ3v) is 5.62. The third-order valence-electron chi connectivity index (χ3n) is 4.43. The second kappa shape index (κ2) is 6.29. The van der Waals surface area contributed by atoms with Crippen LogP contribution in [0.25, 0.3) is 22.4 Å². The fourth-order valence-electron chi connectivity index (χ4n) is 3.17. The van der Waals surface area contributed by atoms with E-state index in [-0.39, 0.29) is 11.1 Å². The summed E-state index contributed by atoms with van der Waals surface area (Å²) in [5, 5.41) is 9.67. The zero-order valence-corrected chi connectivity index (χ0v) is 14.2. The molecule has 126 valence electrons. The van der Waals surface area contributed by atoms with Crippen molar-refractivity contribution in [1.82, 2.24) is 9.97 Å². The Kier molecular flexibility index (Phi) is 3.97. The smallest absolute Gasteiger partial charge is 0.335 e. The van der Waals surface area contributed by atoms with Crippen LogP contribution in [0.1, 0.15) is 45.0 Å². The summed E-state index contributed by atoms with van der Waals surface area (Å²) in [7, 11) is 0. The van der Waals surface area contributed by atoms with Gasteiger partial charge in [-0.2, -0.15) is 0 Å². The minimum absolute atomic E-state index is 0.0784. The summed E-state index contributed by atoms with van der Waals surface area (Å²) in [6.07, 6.45) is 7.86. The van der Waals surface area contributed by atoms with Gasteiger partial charge in [0.25, 0.3) is 5.56 Å². The van der Waals surface area contributed by atoms with Crippen LogP contribution in [0.2, 0.25) is 0 Å².